The summed E-state index contributed by atoms with van der Waals surface area (Å²) < 4.78 is 77.0. The van der Waals surface area contributed by atoms with Crippen LogP contribution in [0.25, 0.3) is 0 Å². The average Bonchev–Trinajstić information content (AvgIpc) is 2.37. The normalized spacial score (nSPS) is 11.5. The summed E-state index contributed by atoms with van der Waals surface area (Å²) in [7, 11) is 0. The molecule has 2 aromatic rings. The number of nitrogens with one attached hydrogen (secondary N) is 1. The van der Waals surface area contributed by atoms with Crippen LogP contribution >= 0.6 is 0 Å². The number of alkyl halides is 3. The summed E-state index contributed by atoms with van der Waals surface area (Å²) in [5.74, 6) is -4.93. The first-order chi connectivity index (χ1) is 9.68. The van der Waals surface area contributed by atoms with Crippen molar-refractivity contribution in [3.05, 3.63) is 47.3 Å². The van der Waals surface area contributed by atoms with Crippen molar-refractivity contribution in [1.29, 1.82) is 0 Å². The Bertz CT molecular complexity index is 683. The lowest BCUT2D eigenvalue weighted by molar-refractivity contribution is -0.139. The summed E-state index contributed by atoms with van der Waals surface area (Å²) in [6.07, 6.45) is -4.91. The summed E-state index contributed by atoms with van der Waals surface area (Å²) in [5.41, 5.74) is 3.33. The fourth-order valence-corrected chi connectivity index (χ4v) is 1.53. The van der Waals surface area contributed by atoms with E-state index in [9.17, 15) is 26.3 Å². The van der Waals surface area contributed by atoms with Crippen molar-refractivity contribution < 1.29 is 26.3 Å². The van der Waals surface area contributed by atoms with Crippen molar-refractivity contribution >= 4 is 17.3 Å². The lowest BCUT2D eigenvalue weighted by atomic mass is 10.2. The Morgan fingerprint density at radius 2 is 1.62 bits per heavy atom. The standard InChI is InChI=1S/C12H7F6N3/c13-7-2-1-5(3-6(7)12(16,17)18)20-11-9(15)4-8(14)10(19)21-11/h1-4H,(H3,19,20,21). The second-order valence-corrected chi connectivity index (χ2v) is 4.00. The number of nitrogens with zero attached hydrogens (tertiary/aromatic N) is 1. The Morgan fingerprint density at radius 3 is 2.24 bits per heavy atom. The lowest BCUT2D eigenvalue weighted by Crippen LogP contribution is -2.09. The smallest absolute Gasteiger partial charge is 0.381 e. The maximum Gasteiger partial charge on any atom is 0.419 e. The van der Waals surface area contributed by atoms with Gasteiger partial charge in [-0.3, -0.25) is 0 Å². The fraction of sp³-hybridized carbons (Fsp3) is 0.0833. The van der Waals surface area contributed by atoms with Gasteiger partial charge in [-0.15, -0.1) is 0 Å². The van der Waals surface area contributed by atoms with E-state index in [-0.39, 0.29) is 5.69 Å². The number of halogens is 6. The van der Waals surface area contributed by atoms with Gasteiger partial charge in [-0.1, -0.05) is 0 Å². The molecule has 1 heterocycles. The molecule has 112 valence electrons. The Labute approximate surface area is 114 Å². The second kappa shape index (κ2) is 5.15. The van der Waals surface area contributed by atoms with Gasteiger partial charge < -0.3 is 11.1 Å². The van der Waals surface area contributed by atoms with E-state index < -0.39 is 40.8 Å². The number of aromatic nitrogens is 1. The molecular formula is C12H7F6N3. The molecule has 0 aliphatic carbocycles. The molecule has 9 heteroatoms. The van der Waals surface area contributed by atoms with Crippen LogP contribution in [-0.2, 0) is 6.18 Å². The number of benzene rings is 1. The van der Waals surface area contributed by atoms with Crippen LogP contribution in [-0.4, -0.2) is 4.98 Å². The summed E-state index contributed by atoms with van der Waals surface area (Å²) in [4.78, 5) is 3.32. The molecule has 0 spiro atoms. The van der Waals surface area contributed by atoms with Gasteiger partial charge in [-0.05, 0) is 18.2 Å². The highest BCUT2D eigenvalue weighted by atomic mass is 19.4. The first-order valence-corrected chi connectivity index (χ1v) is 5.44. The van der Waals surface area contributed by atoms with Crippen molar-refractivity contribution in [2.75, 3.05) is 11.1 Å². The quantitative estimate of drug-likeness (QED) is 0.829. The topological polar surface area (TPSA) is 50.9 Å². The first-order valence-electron chi connectivity index (χ1n) is 5.44. The lowest BCUT2D eigenvalue weighted by Gasteiger charge is -2.12. The first kappa shape index (κ1) is 14.9. The molecule has 0 unspecified atom stereocenters. The van der Waals surface area contributed by atoms with Crippen LogP contribution in [0.1, 0.15) is 5.56 Å². The summed E-state index contributed by atoms with van der Waals surface area (Å²) in [6, 6.07) is 2.38. The fourth-order valence-electron chi connectivity index (χ4n) is 1.53. The number of nitrogen functional groups attached to an aromatic ring is 1. The van der Waals surface area contributed by atoms with Gasteiger partial charge >= 0.3 is 6.18 Å². The number of anilines is 3. The zero-order chi connectivity index (χ0) is 15.8. The third-order valence-corrected chi connectivity index (χ3v) is 2.49. The number of hydrogen-bond donors (Lipinski definition) is 2. The van der Waals surface area contributed by atoms with Gasteiger partial charge in [0, 0.05) is 11.8 Å². The number of nitrogens with two attached hydrogens (primary N) is 1. The van der Waals surface area contributed by atoms with Gasteiger partial charge in [-0.2, -0.15) is 13.2 Å². The largest absolute Gasteiger partial charge is 0.419 e. The van der Waals surface area contributed by atoms with Crippen molar-refractivity contribution in [1.82, 2.24) is 4.98 Å². The molecule has 2 rings (SSSR count). The Kier molecular flexibility index (Phi) is 3.67. The SMILES string of the molecule is Nc1nc(Nc2ccc(F)c(C(F)(F)F)c2)c(F)cc1F. The van der Waals surface area contributed by atoms with Gasteiger partial charge in [0.15, 0.2) is 23.3 Å². The third-order valence-electron chi connectivity index (χ3n) is 2.49. The van der Waals surface area contributed by atoms with E-state index in [1.54, 1.807) is 0 Å². The van der Waals surface area contributed by atoms with Crippen molar-refractivity contribution in [3.63, 3.8) is 0 Å². The van der Waals surface area contributed by atoms with E-state index in [4.69, 9.17) is 5.73 Å². The molecular weight excluding hydrogens is 300 g/mol. The predicted molar refractivity (Wildman–Crippen MR) is 63.3 cm³/mol. The van der Waals surface area contributed by atoms with Crippen LogP contribution in [0.5, 0.6) is 0 Å². The van der Waals surface area contributed by atoms with E-state index in [0.29, 0.717) is 18.2 Å². The summed E-state index contributed by atoms with van der Waals surface area (Å²) >= 11 is 0. The van der Waals surface area contributed by atoms with Crippen molar-refractivity contribution in [2.45, 2.75) is 6.18 Å². The molecule has 1 aromatic heterocycles. The van der Waals surface area contributed by atoms with Crippen LogP contribution in [0.4, 0.5) is 43.7 Å². The maximum absolute atomic E-state index is 13.4. The van der Waals surface area contributed by atoms with Crippen LogP contribution < -0.4 is 11.1 Å². The van der Waals surface area contributed by atoms with E-state index in [1.807, 2.05) is 0 Å². The van der Waals surface area contributed by atoms with Crippen LogP contribution in [0.3, 0.4) is 0 Å². The number of rotatable bonds is 2. The van der Waals surface area contributed by atoms with E-state index in [0.717, 1.165) is 6.07 Å². The Hall–Kier alpha value is -2.45. The number of pyridine rings is 1. The van der Waals surface area contributed by atoms with E-state index >= 15 is 0 Å². The zero-order valence-electron chi connectivity index (χ0n) is 10.1. The number of hydrogen-bond acceptors (Lipinski definition) is 3. The highest BCUT2D eigenvalue weighted by Gasteiger charge is 2.34. The van der Waals surface area contributed by atoms with Gasteiger partial charge in [0.2, 0.25) is 0 Å². The summed E-state index contributed by atoms with van der Waals surface area (Å²) in [6.45, 7) is 0. The van der Waals surface area contributed by atoms with Gasteiger partial charge in [0.05, 0.1) is 5.56 Å². The van der Waals surface area contributed by atoms with Gasteiger partial charge in [-0.25, -0.2) is 18.2 Å². The molecule has 0 aliphatic rings. The zero-order valence-corrected chi connectivity index (χ0v) is 10.1. The minimum absolute atomic E-state index is 0.277. The van der Waals surface area contributed by atoms with E-state index in [2.05, 4.69) is 10.3 Å². The van der Waals surface area contributed by atoms with Gasteiger partial charge in [0.25, 0.3) is 0 Å². The van der Waals surface area contributed by atoms with Crippen LogP contribution in [0, 0.1) is 17.5 Å². The minimum Gasteiger partial charge on any atom is -0.381 e. The third kappa shape index (κ3) is 3.18. The molecule has 3 N–H and O–H groups in total. The second-order valence-electron chi connectivity index (χ2n) is 4.00. The molecule has 1 aromatic carbocycles. The van der Waals surface area contributed by atoms with E-state index in [1.165, 1.54) is 0 Å². The molecule has 0 atom stereocenters. The molecule has 0 saturated carbocycles. The Balaban J connectivity index is 2.39. The molecule has 0 radical (unpaired) electrons. The molecule has 0 bridgehead atoms. The van der Waals surface area contributed by atoms with Crippen LogP contribution in [0.15, 0.2) is 24.3 Å². The average molecular weight is 307 g/mol. The van der Waals surface area contributed by atoms with Gasteiger partial charge in [0.1, 0.15) is 5.82 Å². The predicted octanol–water partition coefficient (Wildman–Crippen LogP) is 3.84. The molecule has 21 heavy (non-hydrogen) atoms. The maximum atomic E-state index is 13.4. The molecule has 0 aliphatic heterocycles. The highest BCUT2D eigenvalue weighted by Crippen LogP contribution is 2.33. The summed E-state index contributed by atoms with van der Waals surface area (Å²) in [5, 5.41) is 2.18. The van der Waals surface area contributed by atoms with Crippen molar-refractivity contribution in [3.8, 4) is 0 Å². The minimum atomic E-state index is -4.91. The highest BCUT2D eigenvalue weighted by molar-refractivity contribution is 5.59. The monoisotopic (exact) mass is 307 g/mol. The Morgan fingerprint density at radius 1 is 0.952 bits per heavy atom. The molecule has 0 saturated heterocycles. The molecule has 0 amide bonds. The van der Waals surface area contributed by atoms with Crippen LogP contribution in [0.2, 0.25) is 0 Å². The molecule has 0 fully saturated rings. The van der Waals surface area contributed by atoms with Crippen molar-refractivity contribution in [2.24, 2.45) is 0 Å². The molecule has 3 nitrogen and oxygen atoms in total.